The van der Waals surface area contributed by atoms with E-state index in [1.807, 2.05) is 0 Å². The van der Waals surface area contributed by atoms with Gasteiger partial charge in [-0.3, -0.25) is 0 Å². The van der Waals surface area contributed by atoms with E-state index >= 15 is 0 Å². The van der Waals surface area contributed by atoms with Crippen LogP contribution < -0.4 is 0 Å². The average Bonchev–Trinajstić information content (AvgIpc) is 2.23. The highest BCUT2D eigenvalue weighted by Crippen LogP contribution is 2.35. The van der Waals surface area contributed by atoms with Crippen molar-refractivity contribution in [3.63, 3.8) is 0 Å². The van der Waals surface area contributed by atoms with Crippen LogP contribution in [0.1, 0.15) is 19.3 Å². The van der Waals surface area contributed by atoms with E-state index in [1.54, 1.807) is 0 Å². The van der Waals surface area contributed by atoms with Crippen LogP contribution in [0.3, 0.4) is 0 Å². The molecule has 0 amide bonds. The van der Waals surface area contributed by atoms with Gasteiger partial charge in [0.2, 0.25) is 0 Å². The van der Waals surface area contributed by atoms with Crippen molar-refractivity contribution >= 4 is 0 Å². The van der Waals surface area contributed by atoms with Crippen molar-refractivity contribution in [3.05, 3.63) is 0 Å². The predicted molar refractivity (Wildman–Crippen MR) is 29.6 cm³/mol. The number of hydrogen-bond donors (Lipinski definition) is 1. The molecule has 0 spiro atoms. The van der Waals surface area contributed by atoms with Crippen LogP contribution in [0.15, 0.2) is 0 Å². The van der Waals surface area contributed by atoms with E-state index in [-0.39, 0.29) is 0 Å². The van der Waals surface area contributed by atoms with Gasteiger partial charge in [-0.2, -0.15) is 5.06 Å². The number of hydrogen-bond acceptors (Lipinski definition) is 2. The Morgan fingerprint density at radius 1 is 1.38 bits per heavy atom. The molecule has 1 heterocycles. The molecule has 2 rings (SSSR count). The first-order valence-electron chi connectivity index (χ1n) is 3.32. The molecule has 2 bridgehead atoms. The van der Waals surface area contributed by atoms with Gasteiger partial charge in [-0.15, -0.1) is 0 Å². The fourth-order valence-electron chi connectivity index (χ4n) is 1.90. The van der Waals surface area contributed by atoms with Gasteiger partial charge >= 0.3 is 0 Å². The van der Waals surface area contributed by atoms with Gasteiger partial charge in [0.15, 0.2) is 0 Å². The third-order valence-corrected chi connectivity index (χ3v) is 2.38. The minimum absolute atomic E-state index is 0.528. The first-order valence-corrected chi connectivity index (χ1v) is 3.32. The second-order valence-corrected chi connectivity index (χ2v) is 2.95. The van der Waals surface area contributed by atoms with Gasteiger partial charge in [0.25, 0.3) is 0 Å². The second kappa shape index (κ2) is 1.45. The standard InChI is InChI=1S/C6H11NO/c8-7-4-5-1-2-6(7)3-5/h5-6,8H,1-4H2/t5-,6+/m1/s1. The van der Waals surface area contributed by atoms with Gasteiger partial charge in [0, 0.05) is 12.6 Å². The molecule has 0 aromatic heterocycles. The van der Waals surface area contributed by atoms with Crippen LogP contribution in [0.5, 0.6) is 0 Å². The molecular formula is C6H11NO. The average molecular weight is 113 g/mol. The molecule has 8 heavy (non-hydrogen) atoms. The predicted octanol–water partition coefficient (Wildman–Crippen LogP) is 0.860. The van der Waals surface area contributed by atoms with Crippen molar-refractivity contribution < 1.29 is 5.21 Å². The number of rotatable bonds is 0. The summed E-state index contributed by atoms with van der Waals surface area (Å²) in [6.45, 7) is 0.935. The lowest BCUT2D eigenvalue weighted by Crippen LogP contribution is -2.27. The van der Waals surface area contributed by atoms with Gasteiger partial charge in [-0.05, 0) is 25.2 Å². The number of hydroxylamine groups is 2. The molecule has 0 radical (unpaired) electrons. The zero-order chi connectivity index (χ0) is 5.56. The SMILES string of the molecule is ON1C[C@@H]2CC[C@H]1C2. The highest BCUT2D eigenvalue weighted by molar-refractivity contribution is 4.87. The Labute approximate surface area is 49.1 Å². The molecule has 2 atom stereocenters. The van der Waals surface area contributed by atoms with Crippen molar-refractivity contribution in [2.45, 2.75) is 25.3 Å². The van der Waals surface area contributed by atoms with Crippen molar-refractivity contribution in [3.8, 4) is 0 Å². The Morgan fingerprint density at radius 2 is 2.25 bits per heavy atom. The highest BCUT2D eigenvalue weighted by atomic mass is 16.5. The van der Waals surface area contributed by atoms with Gasteiger partial charge in [-0.25, -0.2) is 0 Å². The van der Waals surface area contributed by atoms with Gasteiger partial charge < -0.3 is 5.21 Å². The molecule has 1 saturated carbocycles. The normalized spacial score (nSPS) is 46.1. The number of piperidine rings is 1. The molecular weight excluding hydrogens is 102 g/mol. The van der Waals surface area contributed by atoms with Crippen LogP contribution in [0, 0.1) is 5.92 Å². The molecule has 2 aliphatic rings. The topological polar surface area (TPSA) is 23.5 Å². The summed E-state index contributed by atoms with van der Waals surface area (Å²) in [6, 6.07) is 0.528. The molecule has 1 N–H and O–H groups in total. The van der Waals surface area contributed by atoms with Crippen molar-refractivity contribution in [1.82, 2.24) is 5.06 Å². The summed E-state index contributed by atoms with van der Waals surface area (Å²) >= 11 is 0. The minimum Gasteiger partial charge on any atom is -0.314 e. The lowest BCUT2D eigenvalue weighted by molar-refractivity contribution is -0.114. The molecule has 0 unspecified atom stereocenters. The first kappa shape index (κ1) is 4.77. The maximum absolute atomic E-state index is 9.05. The molecule has 1 aliphatic carbocycles. The van der Waals surface area contributed by atoms with Gasteiger partial charge in [0.05, 0.1) is 0 Å². The third kappa shape index (κ3) is 0.501. The fraction of sp³-hybridized carbons (Fsp3) is 1.00. The van der Waals surface area contributed by atoms with Crippen LogP contribution in [0.2, 0.25) is 0 Å². The Morgan fingerprint density at radius 3 is 2.50 bits per heavy atom. The summed E-state index contributed by atoms with van der Waals surface area (Å²) in [4.78, 5) is 0. The summed E-state index contributed by atoms with van der Waals surface area (Å²) in [5, 5.41) is 10.6. The van der Waals surface area contributed by atoms with Gasteiger partial charge in [-0.1, -0.05) is 0 Å². The maximum Gasteiger partial charge on any atom is 0.0353 e. The van der Waals surface area contributed by atoms with E-state index in [2.05, 4.69) is 0 Å². The van der Waals surface area contributed by atoms with E-state index in [4.69, 9.17) is 5.21 Å². The monoisotopic (exact) mass is 113 g/mol. The van der Waals surface area contributed by atoms with Gasteiger partial charge in [0.1, 0.15) is 0 Å². The molecule has 1 saturated heterocycles. The summed E-state index contributed by atoms with van der Waals surface area (Å²) in [5.41, 5.74) is 0. The van der Waals surface area contributed by atoms with E-state index < -0.39 is 0 Å². The van der Waals surface area contributed by atoms with Crippen molar-refractivity contribution in [1.29, 1.82) is 0 Å². The fourth-order valence-corrected chi connectivity index (χ4v) is 1.90. The smallest absolute Gasteiger partial charge is 0.0353 e. The Balaban J connectivity index is 2.11. The van der Waals surface area contributed by atoms with Crippen LogP contribution in [-0.4, -0.2) is 22.9 Å². The highest BCUT2D eigenvalue weighted by Gasteiger charge is 2.36. The minimum atomic E-state index is 0.528. The van der Waals surface area contributed by atoms with Crippen LogP contribution >= 0.6 is 0 Å². The van der Waals surface area contributed by atoms with Crippen molar-refractivity contribution in [2.24, 2.45) is 5.92 Å². The Bertz CT molecular complexity index is 103. The zero-order valence-electron chi connectivity index (χ0n) is 4.88. The second-order valence-electron chi connectivity index (χ2n) is 2.95. The molecule has 0 aromatic rings. The van der Waals surface area contributed by atoms with E-state index in [0.29, 0.717) is 6.04 Å². The quantitative estimate of drug-likeness (QED) is 0.503. The summed E-state index contributed by atoms with van der Waals surface area (Å²) in [6.07, 6.45) is 3.82. The van der Waals surface area contributed by atoms with E-state index in [1.165, 1.54) is 24.3 Å². The van der Waals surface area contributed by atoms with E-state index in [9.17, 15) is 0 Å². The number of nitrogens with zero attached hydrogens (tertiary/aromatic N) is 1. The molecule has 0 aromatic carbocycles. The molecule has 2 heteroatoms. The summed E-state index contributed by atoms with van der Waals surface area (Å²) in [5.74, 6) is 0.824. The lowest BCUT2D eigenvalue weighted by atomic mass is 10.1. The van der Waals surface area contributed by atoms with E-state index in [0.717, 1.165) is 12.5 Å². The zero-order valence-corrected chi connectivity index (χ0v) is 4.88. The van der Waals surface area contributed by atoms with Crippen LogP contribution in [0.25, 0.3) is 0 Å². The summed E-state index contributed by atoms with van der Waals surface area (Å²) < 4.78 is 0. The Hall–Kier alpha value is -0.0800. The van der Waals surface area contributed by atoms with Crippen molar-refractivity contribution in [2.75, 3.05) is 6.54 Å². The lowest BCUT2D eigenvalue weighted by Gasteiger charge is -2.18. The molecule has 2 nitrogen and oxygen atoms in total. The molecule has 2 fully saturated rings. The first-order chi connectivity index (χ1) is 3.86. The maximum atomic E-state index is 9.05. The molecule has 1 aliphatic heterocycles. The molecule has 46 valence electrons. The Kier molecular flexibility index (Phi) is 0.866. The third-order valence-electron chi connectivity index (χ3n) is 2.38. The largest absolute Gasteiger partial charge is 0.314 e. The van der Waals surface area contributed by atoms with Crippen LogP contribution in [-0.2, 0) is 0 Å². The van der Waals surface area contributed by atoms with Crippen LogP contribution in [0.4, 0.5) is 0 Å². The summed E-state index contributed by atoms with van der Waals surface area (Å²) in [7, 11) is 0. The number of fused-ring (bicyclic) bond motifs is 2.